The number of hydrogen-bond acceptors (Lipinski definition) is 6. The Morgan fingerprint density at radius 2 is 1.90 bits per heavy atom. The number of likely N-dealkylation sites (N-methyl/N-ethyl adjacent to an activating group) is 1. The summed E-state index contributed by atoms with van der Waals surface area (Å²) in [5.41, 5.74) is 1.48. The second-order valence-electron chi connectivity index (χ2n) is 7.70. The van der Waals surface area contributed by atoms with Crippen LogP contribution >= 0.6 is 0 Å². The molecule has 0 bridgehead atoms. The van der Waals surface area contributed by atoms with Crippen LogP contribution in [0.5, 0.6) is 0 Å². The van der Waals surface area contributed by atoms with Crippen molar-refractivity contribution in [3.05, 3.63) is 47.8 Å². The summed E-state index contributed by atoms with van der Waals surface area (Å²) in [6, 6.07) is 7.77. The van der Waals surface area contributed by atoms with E-state index in [4.69, 9.17) is 4.99 Å². The monoisotopic (exact) mass is 395 g/mol. The first-order valence-corrected chi connectivity index (χ1v) is 9.85. The van der Waals surface area contributed by atoms with Crippen LogP contribution < -0.4 is 0 Å². The predicted molar refractivity (Wildman–Crippen MR) is 108 cm³/mol. The van der Waals surface area contributed by atoms with Crippen LogP contribution in [0.1, 0.15) is 37.6 Å². The van der Waals surface area contributed by atoms with Crippen LogP contribution in [0.2, 0.25) is 0 Å². The molecule has 0 aliphatic carbocycles. The molecule has 3 aliphatic rings. The lowest BCUT2D eigenvalue weighted by atomic mass is 10.1. The quantitative estimate of drug-likeness (QED) is 0.714. The van der Waals surface area contributed by atoms with Crippen LogP contribution in [0, 0.1) is 0 Å². The number of carbonyl (C=O) groups excluding carboxylic acids is 3. The maximum atomic E-state index is 13.3. The minimum Gasteiger partial charge on any atom is -0.312 e. The molecular formula is C21H25N5O3. The number of nitrogens with zero attached hydrogens (tertiary/aromatic N) is 5. The number of benzene rings is 1. The third kappa shape index (κ3) is 2.90. The number of fused-ring (bicyclic) bond motifs is 3. The molecule has 0 aromatic heterocycles. The van der Waals surface area contributed by atoms with E-state index in [-0.39, 0.29) is 18.4 Å². The van der Waals surface area contributed by atoms with Crippen molar-refractivity contribution in [3.63, 3.8) is 0 Å². The van der Waals surface area contributed by atoms with Gasteiger partial charge >= 0.3 is 6.03 Å². The van der Waals surface area contributed by atoms with E-state index in [1.54, 1.807) is 31.3 Å². The van der Waals surface area contributed by atoms with E-state index in [2.05, 4.69) is 18.7 Å². The Labute approximate surface area is 170 Å². The molecule has 0 saturated carbocycles. The van der Waals surface area contributed by atoms with Gasteiger partial charge in [-0.25, -0.2) is 9.79 Å². The third-order valence-corrected chi connectivity index (χ3v) is 5.86. The van der Waals surface area contributed by atoms with Crippen LogP contribution in [-0.2, 0) is 4.79 Å². The summed E-state index contributed by atoms with van der Waals surface area (Å²) >= 11 is 0. The van der Waals surface area contributed by atoms with Crippen molar-refractivity contribution >= 4 is 23.7 Å². The van der Waals surface area contributed by atoms with E-state index in [1.165, 1.54) is 4.90 Å². The molecule has 152 valence electrons. The highest BCUT2D eigenvalue weighted by atomic mass is 16.2. The zero-order valence-corrected chi connectivity index (χ0v) is 17.1. The number of hydrogen-bond donors (Lipinski definition) is 0. The summed E-state index contributed by atoms with van der Waals surface area (Å²) in [4.78, 5) is 49.9. The van der Waals surface area contributed by atoms with Crippen LogP contribution in [-0.4, -0.2) is 75.1 Å². The van der Waals surface area contributed by atoms with Gasteiger partial charge in [0.2, 0.25) is 5.96 Å². The second-order valence-corrected chi connectivity index (χ2v) is 7.70. The summed E-state index contributed by atoms with van der Waals surface area (Å²) in [6.45, 7) is 5.91. The fraction of sp³-hybridized carbons (Fsp3) is 0.429. The summed E-state index contributed by atoms with van der Waals surface area (Å²) < 4.78 is 0. The number of Topliss-reactive ketones (excluding diaryl/α,β-unsaturated/α-hetero) is 1. The first-order valence-electron chi connectivity index (χ1n) is 9.85. The highest BCUT2D eigenvalue weighted by Gasteiger charge is 2.54. The standard InChI is InChI=1S/C21H25N5O3/c1-5-13(2)26-14(3)11-24-17-18(22-20(24)26)23(4)21(29)25(19(17)28)12-16(27)15-9-7-6-8-10-15/h6-11,13,17-18H,5,12H2,1-4H3. The number of carbonyl (C=O) groups is 3. The molecule has 3 unspecified atom stereocenters. The average molecular weight is 395 g/mol. The van der Waals surface area contributed by atoms with Gasteiger partial charge in [-0.15, -0.1) is 0 Å². The Morgan fingerprint density at radius 1 is 1.21 bits per heavy atom. The Bertz CT molecular complexity index is 926. The number of guanidine groups is 1. The van der Waals surface area contributed by atoms with Gasteiger partial charge in [-0.2, -0.15) is 0 Å². The normalized spacial score (nSPS) is 24.4. The molecule has 1 aromatic rings. The molecule has 0 radical (unpaired) electrons. The largest absolute Gasteiger partial charge is 0.328 e. The summed E-state index contributed by atoms with van der Waals surface area (Å²) in [5, 5.41) is 0. The lowest BCUT2D eigenvalue weighted by Gasteiger charge is -2.39. The number of imide groups is 1. The topological polar surface area (TPSA) is 76.5 Å². The molecule has 8 nitrogen and oxygen atoms in total. The van der Waals surface area contributed by atoms with Gasteiger partial charge in [0.15, 0.2) is 18.0 Å². The zero-order chi connectivity index (χ0) is 20.9. The molecular weight excluding hydrogens is 370 g/mol. The molecule has 1 aromatic carbocycles. The van der Waals surface area contributed by atoms with Gasteiger partial charge in [0.05, 0.1) is 6.54 Å². The average Bonchev–Trinajstić information content (AvgIpc) is 3.24. The second kappa shape index (κ2) is 7.02. The Kier molecular flexibility index (Phi) is 4.64. The van der Waals surface area contributed by atoms with E-state index in [1.807, 2.05) is 24.1 Å². The highest BCUT2D eigenvalue weighted by Crippen LogP contribution is 2.35. The molecule has 0 spiro atoms. The van der Waals surface area contributed by atoms with Crippen LogP contribution in [0.3, 0.4) is 0 Å². The predicted octanol–water partition coefficient (Wildman–Crippen LogP) is 2.10. The SMILES string of the molecule is CCC(C)N1C(C)=CN2C1=NC1C2C(=O)N(CC(=O)c2ccccc2)C(=O)N1C. The fourth-order valence-corrected chi connectivity index (χ4v) is 4.10. The molecule has 3 heterocycles. The molecule has 29 heavy (non-hydrogen) atoms. The van der Waals surface area contributed by atoms with E-state index < -0.39 is 24.1 Å². The molecule has 8 heteroatoms. The number of rotatable bonds is 5. The molecule has 3 amide bonds. The molecule has 3 aliphatic heterocycles. The van der Waals surface area contributed by atoms with Gasteiger partial charge in [-0.3, -0.25) is 14.5 Å². The van der Waals surface area contributed by atoms with Gasteiger partial charge in [0.1, 0.15) is 0 Å². The Balaban J connectivity index is 1.62. The van der Waals surface area contributed by atoms with Gasteiger partial charge in [-0.1, -0.05) is 37.3 Å². The summed E-state index contributed by atoms with van der Waals surface area (Å²) in [7, 11) is 1.63. The number of ketones is 1. The molecule has 1 saturated heterocycles. The van der Waals surface area contributed by atoms with Crippen molar-refractivity contribution in [1.82, 2.24) is 19.6 Å². The van der Waals surface area contributed by atoms with Crippen molar-refractivity contribution in [3.8, 4) is 0 Å². The van der Waals surface area contributed by atoms with Gasteiger partial charge in [0.25, 0.3) is 5.91 Å². The van der Waals surface area contributed by atoms with Crippen molar-refractivity contribution in [2.45, 2.75) is 45.4 Å². The molecule has 0 N–H and O–H groups in total. The van der Waals surface area contributed by atoms with Crippen molar-refractivity contribution in [2.24, 2.45) is 4.99 Å². The van der Waals surface area contributed by atoms with Gasteiger partial charge in [-0.05, 0) is 20.3 Å². The number of urea groups is 1. The summed E-state index contributed by atoms with van der Waals surface area (Å²) in [6.07, 6.45) is 2.24. The minimum atomic E-state index is -0.653. The first kappa shape index (κ1) is 19.2. The Hall–Kier alpha value is -3.16. The van der Waals surface area contributed by atoms with Crippen molar-refractivity contribution < 1.29 is 14.4 Å². The van der Waals surface area contributed by atoms with Gasteiger partial charge < -0.3 is 14.7 Å². The van der Waals surface area contributed by atoms with E-state index in [9.17, 15) is 14.4 Å². The van der Waals surface area contributed by atoms with E-state index in [0.717, 1.165) is 17.0 Å². The maximum Gasteiger partial charge on any atom is 0.328 e. The highest BCUT2D eigenvalue weighted by molar-refractivity contribution is 6.09. The lowest BCUT2D eigenvalue weighted by Crippen LogP contribution is -2.65. The third-order valence-electron chi connectivity index (χ3n) is 5.86. The fourth-order valence-electron chi connectivity index (χ4n) is 4.10. The minimum absolute atomic E-state index is 0.224. The number of amides is 3. The van der Waals surface area contributed by atoms with Crippen LogP contribution in [0.15, 0.2) is 47.2 Å². The lowest BCUT2D eigenvalue weighted by molar-refractivity contribution is -0.136. The van der Waals surface area contributed by atoms with Crippen LogP contribution in [0.25, 0.3) is 0 Å². The molecule has 3 atom stereocenters. The van der Waals surface area contributed by atoms with Crippen molar-refractivity contribution in [2.75, 3.05) is 13.6 Å². The van der Waals surface area contributed by atoms with Crippen LogP contribution in [0.4, 0.5) is 4.79 Å². The van der Waals surface area contributed by atoms with Gasteiger partial charge in [0, 0.05) is 30.5 Å². The van der Waals surface area contributed by atoms with Crippen molar-refractivity contribution in [1.29, 1.82) is 0 Å². The maximum absolute atomic E-state index is 13.3. The number of aliphatic imine (C=N–C) groups is 1. The first-order chi connectivity index (χ1) is 13.8. The van der Waals surface area contributed by atoms with E-state index >= 15 is 0 Å². The number of allylic oxidation sites excluding steroid dienone is 1. The molecule has 1 fully saturated rings. The zero-order valence-electron chi connectivity index (χ0n) is 17.1. The smallest absolute Gasteiger partial charge is 0.312 e. The Morgan fingerprint density at radius 3 is 2.55 bits per heavy atom. The van der Waals surface area contributed by atoms with E-state index in [0.29, 0.717) is 11.5 Å². The molecule has 4 rings (SSSR count). The summed E-state index contributed by atoms with van der Waals surface area (Å²) in [5.74, 6) is 0.0277.